The predicted octanol–water partition coefficient (Wildman–Crippen LogP) is 0.934. The van der Waals surface area contributed by atoms with Crippen LogP contribution in [-0.2, 0) is 16.1 Å². The van der Waals surface area contributed by atoms with Gasteiger partial charge in [0.25, 0.3) is 5.56 Å². The molecule has 0 radical (unpaired) electrons. The van der Waals surface area contributed by atoms with Crippen molar-refractivity contribution in [3.8, 4) is 5.88 Å². The van der Waals surface area contributed by atoms with Crippen LogP contribution in [0.5, 0.6) is 5.88 Å². The smallest absolute Gasteiger partial charge is 0.364 e. The minimum Gasteiger partial charge on any atom is -0.492 e. The van der Waals surface area contributed by atoms with Gasteiger partial charge in [-0.05, 0) is 5.92 Å². The Morgan fingerprint density at radius 3 is 2.04 bits per heavy atom. The van der Waals surface area contributed by atoms with Crippen LogP contribution < -0.4 is 11.2 Å². The maximum absolute atomic E-state index is 12.6. The van der Waals surface area contributed by atoms with Gasteiger partial charge in [0, 0.05) is 41.9 Å². The van der Waals surface area contributed by atoms with Gasteiger partial charge in [-0.2, -0.15) is 12.9 Å². The van der Waals surface area contributed by atoms with Gasteiger partial charge >= 0.3 is 23.5 Å². The number of nitrogens with zero attached hydrogens (tertiary/aromatic N) is 5. The van der Waals surface area contributed by atoms with Crippen molar-refractivity contribution >= 4 is 64.6 Å². The summed E-state index contributed by atoms with van der Waals surface area (Å²) in [5.41, 5.74) is -4.02. The fraction of sp³-hybridized carbons (Fsp3) is 0.385. The highest BCUT2D eigenvalue weighted by atomic mass is 35.5. The van der Waals surface area contributed by atoms with Crippen molar-refractivity contribution in [2.45, 2.75) is 26.8 Å². The molecule has 0 saturated carbocycles. The minimum atomic E-state index is -1.37. The van der Waals surface area contributed by atoms with Crippen LogP contribution in [0.3, 0.4) is 0 Å². The maximum atomic E-state index is 12.6. The van der Waals surface area contributed by atoms with Crippen molar-refractivity contribution in [3.63, 3.8) is 0 Å². The molecule has 27 heavy (non-hydrogen) atoms. The zero-order valence-corrected chi connectivity index (χ0v) is 16.1. The van der Waals surface area contributed by atoms with E-state index in [1.165, 1.54) is 0 Å². The molecule has 146 valence electrons. The molecule has 1 aliphatic heterocycles. The third-order valence-corrected chi connectivity index (χ3v) is 4.66. The number of carbonyl (C=O) groups is 3. The number of urea groups is 1. The summed E-state index contributed by atoms with van der Waals surface area (Å²) in [6, 6.07) is -1.34. The first-order chi connectivity index (χ1) is 12.5. The maximum Gasteiger partial charge on any atom is 0.364 e. The molecule has 0 aliphatic carbocycles. The quantitative estimate of drug-likeness (QED) is 0.692. The van der Waals surface area contributed by atoms with Gasteiger partial charge in [-0.25, -0.2) is 14.6 Å². The van der Waals surface area contributed by atoms with Crippen molar-refractivity contribution in [2.24, 2.45) is 10.9 Å². The lowest BCUT2D eigenvalue weighted by atomic mass is 10.1. The van der Waals surface area contributed by atoms with Crippen LogP contribution in [0.25, 0.3) is 0 Å². The van der Waals surface area contributed by atoms with Crippen molar-refractivity contribution in [2.75, 3.05) is 0 Å². The van der Waals surface area contributed by atoms with E-state index in [9.17, 15) is 29.1 Å². The first-order valence-electron chi connectivity index (χ1n) is 7.40. The molecule has 2 heterocycles. The SMILES string of the molecule is CCC(C)Cn1c(=O)c(N=C2C(=O)N(Cl)C(=O)N(Cl)C2=O)c(O)n(Cl)c1=O. The third kappa shape index (κ3) is 3.57. The second-order valence-corrected chi connectivity index (χ2v) is 6.59. The average molecular weight is 441 g/mol. The van der Waals surface area contributed by atoms with E-state index in [1.807, 2.05) is 6.92 Å². The topological polar surface area (TPSA) is 134 Å². The number of aromatic hydroxyl groups is 1. The molecule has 2 rings (SSSR count). The Labute approximate surface area is 166 Å². The molecule has 1 fully saturated rings. The van der Waals surface area contributed by atoms with E-state index >= 15 is 0 Å². The van der Waals surface area contributed by atoms with Crippen LogP contribution in [0.4, 0.5) is 10.5 Å². The Bertz CT molecular complexity index is 958. The van der Waals surface area contributed by atoms with E-state index in [0.717, 1.165) is 0 Å². The number of amides is 4. The van der Waals surface area contributed by atoms with Gasteiger partial charge < -0.3 is 5.11 Å². The van der Waals surface area contributed by atoms with Crippen LogP contribution >= 0.6 is 35.3 Å². The van der Waals surface area contributed by atoms with Gasteiger partial charge in [0.1, 0.15) is 0 Å². The summed E-state index contributed by atoms with van der Waals surface area (Å²) in [7, 11) is 0. The first-order valence-corrected chi connectivity index (χ1v) is 8.42. The van der Waals surface area contributed by atoms with Gasteiger partial charge in [-0.15, -0.1) is 0 Å². The molecule has 4 amide bonds. The first kappa shape index (κ1) is 20.9. The summed E-state index contributed by atoms with van der Waals surface area (Å²) in [6.45, 7) is 3.54. The number of hydrogen-bond acceptors (Lipinski definition) is 7. The van der Waals surface area contributed by atoms with E-state index in [-0.39, 0.29) is 25.4 Å². The van der Waals surface area contributed by atoms with Gasteiger partial charge in [0.2, 0.25) is 5.88 Å². The van der Waals surface area contributed by atoms with E-state index in [4.69, 9.17) is 35.3 Å². The lowest BCUT2D eigenvalue weighted by Gasteiger charge is -2.23. The lowest BCUT2D eigenvalue weighted by Crippen LogP contribution is -2.53. The van der Waals surface area contributed by atoms with Gasteiger partial charge in [-0.3, -0.25) is 19.0 Å². The predicted molar refractivity (Wildman–Crippen MR) is 95.2 cm³/mol. The zero-order valence-electron chi connectivity index (χ0n) is 13.8. The highest BCUT2D eigenvalue weighted by Gasteiger charge is 2.43. The molecule has 1 aromatic rings. The van der Waals surface area contributed by atoms with Crippen LogP contribution in [0, 0.1) is 5.92 Å². The van der Waals surface area contributed by atoms with Crippen LogP contribution in [0.1, 0.15) is 20.3 Å². The number of halogens is 3. The standard InChI is InChI=1S/C13H12Cl3N5O6/c1-3-5(2)4-18-8(22)6(9(23)19(14)12(18)26)17-7-10(24)20(15)13(27)21(16)11(7)25/h5,23H,3-4H2,1-2H3. The summed E-state index contributed by atoms with van der Waals surface area (Å²) in [5, 5.41) is 9.99. The monoisotopic (exact) mass is 439 g/mol. The number of carbonyl (C=O) groups excluding carboxylic acids is 3. The van der Waals surface area contributed by atoms with Gasteiger partial charge in [-0.1, -0.05) is 20.3 Å². The summed E-state index contributed by atoms with van der Waals surface area (Å²) < 4.78 is 0.848. The molecule has 1 aliphatic rings. The average Bonchev–Trinajstić information content (AvgIpc) is 2.65. The van der Waals surface area contributed by atoms with Crippen molar-refractivity contribution in [1.29, 1.82) is 0 Å². The Hall–Kier alpha value is -2.37. The van der Waals surface area contributed by atoms with E-state index in [0.29, 0.717) is 11.0 Å². The Balaban J connectivity index is 2.72. The third-order valence-electron chi connectivity index (χ3n) is 3.76. The summed E-state index contributed by atoms with van der Waals surface area (Å²) in [6.07, 6.45) is 0.625. The van der Waals surface area contributed by atoms with Crippen molar-refractivity contribution in [1.82, 2.24) is 17.5 Å². The normalized spacial score (nSPS) is 16.2. The van der Waals surface area contributed by atoms with E-state index in [1.54, 1.807) is 6.92 Å². The number of aliphatic imine (C=N–C) groups is 1. The molecule has 1 atom stereocenters. The molecular formula is C13H12Cl3N5O6. The molecule has 1 aromatic heterocycles. The largest absolute Gasteiger partial charge is 0.492 e. The lowest BCUT2D eigenvalue weighted by molar-refractivity contribution is -0.125. The highest BCUT2D eigenvalue weighted by Crippen LogP contribution is 2.24. The molecule has 1 unspecified atom stereocenters. The molecule has 0 spiro atoms. The number of hydrogen-bond donors (Lipinski definition) is 1. The Morgan fingerprint density at radius 1 is 1.04 bits per heavy atom. The van der Waals surface area contributed by atoms with Crippen molar-refractivity contribution < 1.29 is 19.5 Å². The van der Waals surface area contributed by atoms with Gasteiger partial charge in [0.05, 0.1) is 0 Å². The number of imide groups is 2. The van der Waals surface area contributed by atoms with E-state index < -0.39 is 46.4 Å². The molecular weight excluding hydrogens is 429 g/mol. The van der Waals surface area contributed by atoms with Gasteiger partial charge in [0.15, 0.2) is 11.4 Å². The molecule has 11 nitrogen and oxygen atoms in total. The minimum absolute atomic E-state index is 0.0291. The number of barbiturate groups is 1. The molecule has 0 bridgehead atoms. The molecule has 0 aromatic carbocycles. The summed E-state index contributed by atoms with van der Waals surface area (Å²) in [5.74, 6) is -3.95. The fourth-order valence-corrected chi connectivity index (χ4v) is 2.56. The Morgan fingerprint density at radius 2 is 1.56 bits per heavy atom. The number of rotatable bonds is 4. The summed E-state index contributed by atoms with van der Waals surface area (Å²) in [4.78, 5) is 63.7. The zero-order chi connectivity index (χ0) is 20.6. The second kappa shape index (κ2) is 7.71. The number of aromatic nitrogens is 2. The highest BCUT2D eigenvalue weighted by molar-refractivity contribution is 6.74. The molecule has 1 saturated heterocycles. The molecule has 1 N–H and O–H groups in total. The Kier molecular flexibility index (Phi) is 5.97. The van der Waals surface area contributed by atoms with Crippen molar-refractivity contribution in [3.05, 3.63) is 20.8 Å². The van der Waals surface area contributed by atoms with Crippen LogP contribution in [0.15, 0.2) is 14.6 Å². The summed E-state index contributed by atoms with van der Waals surface area (Å²) >= 11 is 16.6. The fourth-order valence-electron chi connectivity index (χ4n) is 2.04. The van der Waals surface area contributed by atoms with Crippen LogP contribution in [0.2, 0.25) is 0 Å². The van der Waals surface area contributed by atoms with Crippen LogP contribution in [-0.4, -0.2) is 46.2 Å². The molecule has 14 heteroatoms. The van der Waals surface area contributed by atoms with E-state index in [2.05, 4.69) is 4.99 Å². The second-order valence-electron chi connectivity index (χ2n) is 5.58.